The van der Waals surface area contributed by atoms with Crippen LogP contribution >= 0.6 is 11.3 Å². The lowest BCUT2D eigenvalue weighted by Gasteiger charge is -2.33. The quantitative estimate of drug-likeness (QED) is 0.781. The minimum absolute atomic E-state index is 0.156. The van der Waals surface area contributed by atoms with E-state index in [0.717, 1.165) is 22.7 Å². The number of nitrogens with two attached hydrogens (primary N) is 1. The highest BCUT2D eigenvalue weighted by molar-refractivity contribution is 7.15. The molecule has 2 N–H and O–H groups in total. The summed E-state index contributed by atoms with van der Waals surface area (Å²) in [5.74, 6) is -1.92. The Kier molecular flexibility index (Phi) is 3.61. The number of fused-ring (bicyclic) bond motifs is 2. The number of rotatable bonds is 3. The first-order valence-electron chi connectivity index (χ1n) is 7.33. The predicted molar refractivity (Wildman–Crippen MR) is 86.1 cm³/mol. The molecular formula is C15H14F2N4O2S. The number of thiazole rings is 1. The largest absolute Gasteiger partial charge is 0.423 e. The van der Waals surface area contributed by atoms with Gasteiger partial charge in [-0.05, 0) is 0 Å². The molecule has 126 valence electrons. The third-order valence-corrected chi connectivity index (χ3v) is 5.03. The van der Waals surface area contributed by atoms with Gasteiger partial charge in [0.1, 0.15) is 5.52 Å². The lowest BCUT2D eigenvalue weighted by molar-refractivity contribution is 0.174. The Hall–Kier alpha value is -2.26. The summed E-state index contributed by atoms with van der Waals surface area (Å²) in [5.41, 5.74) is 7.25. The summed E-state index contributed by atoms with van der Waals surface area (Å²) in [6, 6.07) is 2.18. The highest BCUT2D eigenvalue weighted by Crippen LogP contribution is 2.38. The molecule has 0 bridgehead atoms. The summed E-state index contributed by atoms with van der Waals surface area (Å²) in [4.78, 5) is 11.6. The van der Waals surface area contributed by atoms with Crippen molar-refractivity contribution in [2.45, 2.75) is 12.5 Å². The fourth-order valence-corrected chi connectivity index (χ4v) is 3.91. The van der Waals surface area contributed by atoms with Gasteiger partial charge in [-0.15, -0.1) is 0 Å². The first-order chi connectivity index (χ1) is 11.6. The van der Waals surface area contributed by atoms with E-state index in [1.54, 1.807) is 7.11 Å². The average molecular weight is 352 g/mol. The fraction of sp³-hybridized carbons (Fsp3) is 0.333. The van der Waals surface area contributed by atoms with Crippen molar-refractivity contribution in [3.05, 3.63) is 34.3 Å². The van der Waals surface area contributed by atoms with E-state index in [4.69, 9.17) is 14.9 Å². The molecule has 24 heavy (non-hydrogen) atoms. The van der Waals surface area contributed by atoms with Gasteiger partial charge in [-0.2, -0.15) is 4.98 Å². The molecule has 0 fully saturated rings. The van der Waals surface area contributed by atoms with E-state index < -0.39 is 11.6 Å². The van der Waals surface area contributed by atoms with E-state index in [2.05, 4.69) is 9.97 Å². The molecule has 6 nitrogen and oxygen atoms in total. The van der Waals surface area contributed by atoms with Crippen molar-refractivity contribution >= 4 is 33.6 Å². The molecule has 9 heteroatoms. The van der Waals surface area contributed by atoms with E-state index in [0.29, 0.717) is 30.7 Å². The van der Waals surface area contributed by atoms with Crippen LogP contribution in [0.1, 0.15) is 16.6 Å². The van der Waals surface area contributed by atoms with Gasteiger partial charge in [0.2, 0.25) is 0 Å². The Balaban J connectivity index is 1.77. The smallest absolute Gasteiger partial charge is 0.299 e. The van der Waals surface area contributed by atoms with Gasteiger partial charge < -0.3 is 19.8 Å². The van der Waals surface area contributed by atoms with Crippen LogP contribution in [0.4, 0.5) is 19.9 Å². The van der Waals surface area contributed by atoms with Crippen LogP contribution in [0.3, 0.4) is 0 Å². The Morgan fingerprint density at radius 1 is 1.38 bits per heavy atom. The fourth-order valence-electron chi connectivity index (χ4n) is 2.93. The first kappa shape index (κ1) is 15.3. The monoisotopic (exact) mass is 352 g/mol. The van der Waals surface area contributed by atoms with Gasteiger partial charge in [0, 0.05) is 32.2 Å². The second-order valence-corrected chi connectivity index (χ2v) is 6.57. The molecule has 0 radical (unpaired) electrons. The Bertz CT molecular complexity index is 871. The molecule has 1 aromatic carbocycles. The molecule has 0 unspecified atom stereocenters. The third kappa shape index (κ3) is 2.40. The van der Waals surface area contributed by atoms with Gasteiger partial charge in [0.25, 0.3) is 6.01 Å². The second-order valence-electron chi connectivity index (χ2n) is 5.51. The topological polar surface area (TPSA) is 77.4 Å². The second kappa shape index (κ2) is 5.67. The molecule has 2 aromatic heterocycles. The van der Waals surface area contributed by atoms with Crippen LogP contribution in [0.15, 0.2) is 16.5 Å². The average Bonchev–Trinajstić information content (AvgIpc) is 3.11. The SMILES string of the molecule is COC[C@H]1c2sc(N)nc2CCN1c1nc2cc(F)c(F)cc2o1. The molecule has 0 saturated carbocycles. The highest BCUT2D eigenvalue weighted by atomic mass is 32.1. The summed E-state index contributed by atoms with van der Waals surface area (Å²) in [6.07, 6.45) is 0.685. The van der Waals surface area contributed by atoms with Crippen LogP contribution in [0.25, 0.3) is 11.1 Å². The van der Waals surface area contributed by atoms with E-state index in [-0.39, 0.29) is 17.1 Å². The molecule has 0 spiro atoms. The molecule has 1 aliphatic rings. The van der Waals surface area contributed by atoms with Gasteiger partial charge in [0.15, 0.2) is 22.3 Å². The predicted octanol–water partition coefficient (Wildman–Crippen LogP) is 2.89. The number of oxazole rings is 1. The van der Waals surface area contributed by atoms with Crippen LogP contribution in [-0.4, -0.2) is 30.2 Å². The lowest BCUT2D eigenvalue weighted by Crippen LogP contribution is -2.37. The van der Waals surface area contributed by atoms with E-state index in [1.165, 1.54) is 11.3 Å². The third-order valence-electron chi connectivity index (χ3n) is 4.00. The van der Waals surface area contributed by atoms with Crippen molar-refractivity contribution in [2.24, 2.45) is 0 Å². The molecule has 1 aliphatic heterocycles. The van der Waals surface area contributed by atoms with Gasteiger partial charge in [-0.1, -0.05) is 11.3 Å². The van der Waals surface area contributed by atoms with Crippen molar-refractivity contribution in [3.8, 4) is 0 Å². The molecule has 0 aliphatic carbocycles. The number of halogens is 2. The number of hydrogen-bond donors (Lipinski definition) is 1. The maximum absolute atomic E-state index is 13.4. The van der Waals surface area contributed by atoms with Crippen LogP contribution in [0, 0.1) is 11.6 Å². The zero-order valence-electron chi connectivity index (χ0n) is 12.8. The normalized spacial score (nSPS) is 17.5. The summed E-state index contributed by atoms with van der Waals surface area (Å²) < 4.78 is 37.7. The molecule has 4 rings (SSSR count). The zero-order valence-corrected chi connectivity index (χ0v) is 13.6. The number of hydrogen-bond acceptors (Lipinski definition) is 7. The number of nitrogens with zero attached hydrogens (tertiary/aromatic N) is 3. The van der Waals surface area contributed by atoms with Gasteiger partial charge in [0.05, 0.1) is 23.2 Å². The van der Waals surface area contributed by atoms with Gasteiger partial charge in [-0.3, -0.25) is 0 Å². The molecule has 0 amide bonds. The van der Waals surface area contributed by atoms with Crippen molar-refractivity contribution in [3.63, 3.8) is 0 Å². The minimum Gasteiger partial charge on any atom is -0.423 e. The van der Waals surface area contributed by atoms with Crippen LogP contribution in [-0.2, 0) is 11.2 Å². The van der Waals surface area contributed by atoms with Crippen molar-refractivity contribution < 1.29 is 17.9 Å². The summed E-state index contributed by atoms with van der Waals surface area (Å²) >= 11 is 1.40. The van der Waals surface area contributed by atoms with E-state index >= 15 is 0 Å². The summed E-state index contributed by atoms with van der Waals surface area (Å²) in [6.45, 7) is 0.998. The summed E-state index contributed by atoms with van der Waals surface area (Å²) in [7, 11) is 1.60. The Morgan fingerprint density at radius 2 is 2.17 bits per heavy atom. The Morgan fingerprint density at radius 3 is 2.96 bits per heavy atom. The highest BCUT2D eigenvalue weighted by Gasteiger charge is 2.33. The van der Waals surface area contributed by atoms with Crippen molar-refractivity contribution in [2.75, 3.05) is 30.9 Å². The number of nitrogen functional groups attached to an aromatic ring is 1. The van der Waals surface area contributed by atoms with Crippen LogP contribution in [0.2, 0.25) is 0 Å². The molecule has 3 aromatic rings. The lowest BCUT2D eigenvalue weighted by atomic mass is 10.1. The van der Waals surface area contributed by atoms with E-state index in [1.807, 2.05) is 4.90 Å². The zero-order chi connectivity index (χ0) is 16.8. The number of methoxy groups -OCH3 is 1. The molecule has 3 heterocycles. The van der Waals surface area contributed by atoms with Crippen molar-refractivity contribution in [1.29, 1.82) is 0 Å². The molecule has 1 atom stereocenters. The van der Waals surface area contributed by atoms with Gasteiger partial charge >= 0.3 is 0 Å². The maximum atomic E-state index is 13.4. The molecule has 0 saturated heterocycles. The number of ether oxygens (including phenoxy) is 1. The first-order valence-corrected chi connectivity index (χ1v) is 8.14. The summed E-state index contributed by atoms with van der Waals surface area (Å²) in [5, 5.41) is 0.504. The van der Waals surface area contributed by atoms with Crippen LogP contribution in [0.5, 0.6) is 0 Å². The minimum atomic E-state index is -0.963. The van der Waals surface area contributed by atoms with Gasteiger partial charge in [-0.25, -0.2) is 13.8 Å². The standard InChI is InChI=1S/C15H14F2N4O2S/c1-22-6-11-13-9(19-14(18)24-13)2-3-21(11)15-20-10-4-7(16)8(17)5-12(10)23-15/h4-5,11H,2-3,6H2,1H3,(H2,18,19)/t11-/m0/s1. The van der Waals surface area contributed by atoms with Crippen LogP contribution < -0.4 is 10.6 Å². The number of benzene rings is 1. The van der Waals surface area contributed by atoms with Crippen molar-refractivity contribution in [1.82, 2.24) is 9.97 Å². The molecular weight excluding hydrogens is 338 g/mol. The van der Waals surface area contributed by atoms with E-state index in [9.17, 15) is 8.78 Å². The maximum Gasteiger partial charge on any atom is 0.299 e. The Labute approximate surface area is 139 Å². The number of aromatic nitrogens is 2. The number of anilines is 2.